The molecule has 3 N–H and O–H groups in total. The molecule has 0 radical (unpaired) electrons. The zero-order chi connectivity index (χ0) is 16.9. The second-order valence-corrected chi connectivity index (χ2v) is 6.17. The van der Waals surface area contributed by atoms with Gasteiger partial charge in [-0.1, -0.05) is 42.5 Å². The van der Waals surface area contributed by atoms with E-state index in [1.54, 1.807) is 18.2 Å². The number of nitrogens with one attached hydrogen (secondary N) is 1. The summed E-state index contributed by atoms with van der Waals surface area (Å²) in [7, 11) is 0. The first kappa shape index (κ1) is 16.5. The van der Waals surface area contributed by atoms with Crippen LogP contribution < -0.4 is 5.32 Å². The fourth-order valence-corrected chi connectivity index (χ4v) is 3.06. The topological polar surface area (TPSA) is 72.8 Å². The second kappa shape index (κ2) is 7.47. The number of benzene rings is 2. The summed E-state index contributed by atoms with van der Waals surface area (Å²) < 4.78 is 0. The van der Waals surface area contributed by atoms with Crippen molar-refractivity contribution in [1.29, 1.82) is 0 Å². The molecule has 2 atom stereocenters. The SMILES string of the molecule is O=C(NC1CCN(Cc2ccccc2)CC1O)c1ccccc1O. The van der Waals surface area contributed by atoms with Gasteiger partial charge in [-0.3, -0.25) is 9.69 Å². The zero-order valence-corrected chi connectivity index (χ0v) is 13.4. The van der Waals surface area contributed by atoms with Gasteiger partial charge in [-0.05, 0) is 24.1 Å². The Morgan fingerprint density at radius 2 is 1.83 bits per heavy atom. The predicted octanol–water partition coefficient (Wildman–Crippen LogP) is 1.76. The van der Waals surface area contributed by atoms with E-state index in [9.17, 15) is 15.0 Å². The van der Waals surface area contributed by atoms with Crippen molar-refractivity contribution in [3.05, 3.63) is 65.7 Å². The van der Waals surface area contributed by atoms with Gasteiger partial charge in [0.05, 0.1) is 17.7 Å². The maximum atomic E-state index is 12.3. The fourth-order valence-electron chi connectivity index (χ4n) is 3.06. The number of hydrogen-bond donors (Lipinski definition) is 3. The largest absolute Gasteiger partial charge is 0.507 e. The van der Waals surface area contributed by atoms with Crippen LogP contribution in [0.15, 0.2) is 54.6 Å². The van der Waals surface area contributed by atoms with Crippen LogP contribution in [0.3, 0.4) is 0 Å². The van der Waals surface area contributed by atoms with E-state index in [4.69, 9.17) is 0 Å². The molecular weight excluding hydrogens is 304 g/mol. The second-order valence-electron chi connectivity index (χ2n) is 6.17. The Hall–Kier alpha value is -2.37. The van der Waals surface area contributed by atoms with Crippen molar-refractivity contribution in [2.24, 2.45) is 0 Å². The number of phenols is 1. The van der Waals surface area contributed by atoms with E-state index in [0.29, 0.717) is 13.0 Å². The predicted molar refractivity (Wildman–Crippen MR) is 91.7 cm³/mol. The highest BCUT2D eigenvalue weighted by atomic mass is 16.3. The lowest BCUT2D eigenvalue weighted by atomic mass is 10.0. The molecule has 5 nitrogen and oxygen atoms in total. The summed E-state index contributed by atoms with van der Waals surface area (Å²) in [6.45, 7) is 2.11. The number of aromatic hydroxyl groups is 1. The Kier molecular flexibility index (Phi) is 5.13. The molecule has 0 aromatic heterocycles. The Morgan fingerprint density at radius 1 is 1.12 bits per heavy atom. The lowest BCUT2D eigenvalue weighted by Gasteiger charge is -2.36. The average Bonchev–Trinajstić information content (AvgIpc) is 2.58. The number of phenolic OH excluding ortho intramolecular Hbond substituents is 1. The molecule has 0 bridgehead atoms. The number of aliphatic hydroxyl groups is 1. The van der Waals surface area contributed by atoms with Gasteiger partial charge in [0, 0.05) is 19.6 Å². The molecule has 126 valence electrons. The minimum absolute atomic E-state index is 0.0500. The zero-order valence-electron chi connectivity index (χ0n) is 13.4. The van der Waals surface area contributed by atoms with Crippen molar-refractivity contribution in [2.75, 3.05) is 13.1 Å². The van der Waals surface area contributed by atoms with E-state index in [0.717, 1.165) is 13.1 Å². The third-order valence-corrected chi connectivity index (χ3v) is 4.38. The van der Waals surface area contributed by atoms with Crippen LogP contribution in [0.1, 0.15) is 22.3 Å². The van der Waals surface area contributed by atoms with Gasteiger partial charge in [0.1, 0.15) is 5.75 Å². The van der Waals surface area contributed by atoms with Gasteiger partial charge >= 0.3 is 0 Å². The van der Waals surface area contributed by atoms with Crippen molar-refractivity contribution < 1.29 is 15.0 Å². The first-order chi connectivity index (χ1) is 11.6. The maximum Gasteiger partial charge on any atom is 0.255 e. The lowest BCUT2D eigenvalue weighted by Crippen LogP contribution is -2.53. The van der Waals surface area contributed by atoms with Crippen molar-refractivity contribution in [3.63, 3.8) is 0 Å². The molecule has 2 unspecified atom stereocenters. The summed E-state index contributed by atoms with van der Waals surface area (Å²) in [5.74, 6) is -0.403. The first-order valence-electron chi connectivity index (χ1n) is 8.16. The van der Waals surface area contributed by atoms with Crippen LogP contribution in [0.2, 0.25) is 0 Å². The van der Waals surface area contributed by atoms with Crippen molar-refractivity contribution >= 4 is 5.91 Å². The molecule has 2 aromatic carbocycles. The number of carbonyl (C=O) groups is 1. The fraction of sp³-hybridized carbons (Fsp3) is 0.316. The van der Waals surface area contributed by atoms with Crippen LogP contribution in [-0.2, 0) is 6.54 Å². The number of β-amino-alcohol motifs (C(OH)–C–C–N with tert-alkyl or cyclic N) is 1. The molecule has 1 fully saturated rings. The first-order valence-corrected chi connectivity index (χ1v) is 8.16. The maximum absolute atomic E-state index is 12.3. The highest BCUT2D eigenvalue weighted by molar-refractivity contribution is 5.96. The highest BCUT2D eigenvalue weighted by Crippen LogP contribution is 2.18. The van der Waals surface area contributed by atoms with E-state index < -0.39 is 6.10 Å². The van der Waals surface area contributed by atoms with E-state index in [2.05, 4.69) is 22.3 Å². The van der Waals surface area contributed by atoms with Crippen LogP contribution in [0.25, 0.3) is 0 Å². The summed E-state index contributed by atoms with van der Waals surface area (Å²) in [6, 6.07) is 16.3. The van der Waals surface area contributed by atoms with Gasteiger partial charge in [-0.2, -0.15) is 0 Å². The van der Waals surface area contributed by atoms with Crippen LogP contribution >= 0.6 is 0 Å². The molecule has 0 spiro atoms. The van der Waals surface area contributed by atoms with E-state index in [-0.39, 0.29) is 23.3 Å². The third kappa shape index (κ3) is 3.93. The molecule has 1 aliphatic rings. The molecule has 1 amide bonds. The molecule has 0 aliphatic carbocycles. The number of aliphatic hydroxyl groups excluding tert-OH is 1. The molecule has 1 saturated heterocycles. The lowest BCUT2D eigenvalue weighted by molar-refractivity contribution is 0.0349. The molecule has 1 heterocycles. The van der Waals surface area contributed by atoms with Crippen molar-refractivity contribution in [3.8, 4) is 5.75 Å². The number of likely N-dealkylation sites (tertiary alicyclic amines) is 1. The molecule has 1 aliphatic heterocycles. The Morgan fingerprint density at radius 3 is 2.54 bits per heavy atom. The number of nitrogens with zero attached hydrogens (tertiary/aromatic N) is 1. The molecule has 2 aromatic rings. The number of rotatable bonds is 4. The third-order valence-electron chi connectivity index (χ3n) is 4.38. The van der Waals surface area contributed by atoms with Crippen molar-refractivity contribution in [1.82, 2.24) is 10.2 Å². The molecule has 0 saturated carbocycles. The van der Waals surface area contributed by atoms with E-state index in [1.165, 1.54) is 11.6 Å². The van der Waals surface area contributed by atoms with Crippen LogP contribution in [0.5, 0.6) is 5.75 Å². The van der Waals surface area contributed by atoms with Crippen LogP contribution in [-0.4, -0.2) is 46.3 Å². The van der Waals surface area contributed by atoms with Gasteiger partial charge in [-0.25, -0.2) is 0 Å². The van der Waals surface area contributed by atoms with E-state index in [1.807, 2.05) is 18.2 Å². The van der Waals surface area contributed by atoms with Crippen molar-refractivity contribution in [2.45, 2.75) is 25.1 Å². The Labute approximate surface area is 141 Å². The molecule has 3 rings (SSSR count). The number of hydrogen-bond acceptors (Lipinski definition) is 4. The number of piperidine rings is 1. The van der Waals surface area contributed by atoms with Gasteiger partial charge < -0.3 is 15.5 Å². The van der Waals surface area contributed by atoms with Gasteiger partial charge in [0.2, 0.25) is 0 Å². The van der Waals surface area contributed by atoms with Crippen LogP contribution in [0, 0.1) is 0 Å². The summed E-state index contributed by atoms with van der Waals surface area (Å²) in [5, 5.41) is 22.9. The van der Waals surface area contributed by atoms with Gasteiger partial charge in [0.15, 0.2) is 0 Å². The normalized spacial score (nSPS) is 21.4. The van der Waals surface area contributed by atoms with Gasteiger partial charge in [-0.15, -0.1) is 0 Å². The summed E-state index contributed by atoms with van der Waals surface area (Å²) >= 11 is 0. The smallest absolute Gasteiger partial charge is 0.255 e. The highest BCUT2D eigenvalue weighted by Gasteiger charge is 2.29. The summed E-state index contributed by atoms with van der Waals surface area (Å²) in [4.78, 5) is 14.4. The Bertz CT molecular complexity index is 690. The minimum Gasteiger partial charge on any atom is -0.507 e. The monoisotopic (exact) mass is 326 g/mol. The van der Waals surface area contributed by atoms with Gasteiger partial charge in [0.25, 0.3) is 5.91 Å². The molecular formula is C19H22N2O3. The minimum atomic E-state index is -0.628. The summed E-state index contributed by atoms with van der Waals surface area (Å²) in [6.07, 6.45) is 0.0464. The molecule has 24 heavy (non-hydrogen) atoms. The number of amides is 1. The quantitative estimate of drug-likeness (QED) is 0.800. The summed E-state index contributed by atoms with van der Waals surface area (Å²) in [5.41, 5.74) is 1.44. The number of para-hydroxylation sites is 1. The average molecular weight is 326 g/mol. The standard InChI is InChI=1S/C19H22N2O3/c22-17-9-5-4-8-15(17)19(24)20-16-10-11-21(13-18(16)23)12-14-6-2-1-3-7-14/h1-9,16,18,22-23H,10-13H2,(H,20,24). The van der Waals surface area contributed by atoms with E-state index >= 15 is 0 Å². The Balaban J connectivity index is 1.56. The molecule has 5 heteroatoms. The van der Waals surface area contributed by atoms with Crippen LogP contribution in [0.4, 0.5) is 0 Å². The number of carbonyl (C=O) groups excluding carboxylic acids is 1.